The van der Waals surface area contributed by atoms with Crippen LogP contribution in [0.5, 0.6) is 11.5 Å². The van der Waals surface area contributed by atoms with Crippen molar-refractivity contribution in [1.29, 1.82) is 0 Å². The van der Waals surface area contributed by atoms with Crippen molar-refractivity contribution in [3.8, 4) is 11.5 Å². The zero-order valence-corrected chi connectivity index (χ0v) is 16.8. The van der Waals surface area contributed by atoms with E-state index < -0.39 is 10.0 Å². The molecular formula is C19H24N2O6S. The first kappa shape index (κ1) is 20.2. The van der Waals surface area contributed by atoms with E-state index in [9.17, 15) is 13.2 Å². The molecule has 1 aromatic heterocycles. The zero-order valence-electron chi connectivity index (χ0n) is 15.9. The van der Waals surface area contributed by atoms with Gasteiger partial charge in [-0.25, -0.2) is 8.42 Å². The van der Waals surface area contributed by atoms with Crippen LogP contribution < -0.4 is 14.8 Å². The van der Waals surface area contributed by atoms with Crippen LogP contribution in [0.1, 0.15) is 28.1 Å². The molecule has 28 heavy (non-hydrogen) atoms. The predicted molar refractivity (Wildman–Crippen MR) is 103 cm³/mol. The highest BCUT2D eigenvalue weighted by Crippen LogP contribution is 2.33. The summed E-state index contributed by atoms with van der Waals surface area (Å²) in [6, 6.07) is 6.92. The SMILES string of the molecule is COc1cc2c(cc1OC)CN(S(=O)(=O)CCCNC(=O)c1ccco1)CC2. The predicted octanol–water partition coefficient (Wildman–Crippen LogP) is 1.80. The van der Waals surface area contributed by atoms with Gasteiger partial charge in [0.1, 0.15) is 0 Å². The number of sulfonamides is 1. The highest BCUT2D eigenvalue weighted by atomic mass is 32.2. The van der Waals surface area contributed by atoms with Gasteiger partial charge in [0.25, 0.3) is 5.91 Å². The van der Waals surface area contributed by atoms with Gasteiger partial charge in [0, 0.05) is 19.6 Å². The lowest BCUT2D eigenvalue weighted by Crippen LogP contribution is -2.38. The van der Waals surface area contributed by atoms with Crippen LogP contribution in [0.25, 0.3) is 0 Å². The van der Waals surface area contributed by atoms with Gasteiger partial charge < -0.3 is 19.2 Å². The van der Waals surface area contributed by atoms with E-state index in [4.69, 9.17) is 13.9 Å². The van der Waals surface area contributed by atoms with Gasteiger partial charge in [-0.05, 0) is 48.2 Å². The maximum absolute atomic E-state index is 12.7. The quantitative estimate of drug-likeness (QED) is 0.669. The number of fused-ring (bicyclic) bond motifs is 1. The van der Waals surface area contributed by atoms with Gasteiger partial charge in [-0.15, -0.1) is 0 Å². The summed E-state index contributed by atoms with van der Waals surface area (Å²) in [5, 5.41) is 2.66. The normalized spacial score (nSPS) is 14.4. The lowest BCUT2D eigenvalue weighted by atomic mass is 10.0. The summed E-state index contributed by atoms with van der Waals surface area (Å²) in [5.41, 5.74) is 1.98. The minimum atomic E-state index is -3.43. The summed E-state index contributed by atoms with van der Waals surface area (Å²) >= 11 is 0. The Morgan fingerprint density at radius 3 is 2.57 bits per heavy atom. The molecule has 0 radical (unpaired) electrons. The molecule has 1 amide bonds. The number of hydrogen-bond donors (Lipinski definition) is 1. The molecular weight excluding hydrogens is 384 g/mol. The van der Waals surface area contributed by atoms with Crippen LogP contribution in [0, 0.1) is 0 Å². The molecule has 9 heteroatoms. The van der Waals surface area contributed by atoms with Crippen molar-refractivity contribution in [2.45, 2.75) is 19.4 Å². The Hall–Kier alpha value is -2.52. The molecule has 1 aliphatic heterocycles. The summed E-state index contributed by atoms with van der Waals surface area (Å²) in [6.07, 6.45) is 2.35. The molecule has 0 unspecified atom stereocenters. The molecule has 1 N–H and O–H groups in total. The second kappa shape index (κ2) is 8.66. The largest absolute Gasteiger partial charge is 0.493 e. The van der Waals surface area contributed by atoms with Crippen molar-refractivity contribution in [2.75, 3.05) is 33.1 Å². The molecule has 8 nitrogen and oxygen atoms in total. The lowest BCUT2D eigenvalue weighted by molar-refractivity contribution is 0.0926. The number of hydrogen-bond acceptors (Lipinski definition) is 6. The summed E-state index contributed by atoms with van der Waals surface area (Å²) < 4.78 is 42.5. The standard InChI is InChI=1S/C19H24N2O6S/c1-25-17-11-14-6-8-21(13-15(14)12-18(17)26-2)28(23,24)10-4-7-20-19(22)16-5-3-9-27-16/h3,5,9,11-12H,4,6-8,10,13H2,1-2H3,(H,20,22). The monoisotopic (exact) mass is 408 g/mol. The molecule has 1 aromatic carbocycles. The van der Waals surface area contributed by atoms with Crippen LogP contribution in [0.3, 0.4) is 0 Å². The average molecular weight is 408 g/mol. The second-order valence-electron chi connectivity index (χ2n) is 6.46. The Balaban J connectivity index is 1.57. The Labute approximate surface area is 164 Å². The average Bonchev–Trinajstić information content (AvgIpc) is 3.24. The zero-order chi connectivity index (χ0) is 20.1. The number of rotatable bonds is 8. The maximum atomic E-state index is 12.7. The fourth-order valence-corrected chi connectivity index (χ4v) is 4.65. The van der Waals surface area contributed by atoms with Gasteiger partial charge in [-0.2, -0.15) is 4.31 Å². The van der Waals surface area contributed by atoms with E-state index in [2.05, 4.69) is 5.32 Å². The first-order chi connectivity index (χ1) is 13.4. The van der Waals surface area contributed by atoms with Gasteiger partial charge >= 0.3 is 0 Å². The number of benzene rings is 1. The molecule has 0 atom stereocenters. The maximum Gasteiger partial charge on any atom is 0.286 e. The van der Waals surface area contributed by atoms with E-state index >= 15 is 0 Å². The number of carbonyl (C=O) groups is 1. The summed E-state index contributed by atoms with van der Waals surface area (Å²) in [6.45, 7) is 0.981. The smallest absolute Gasteiger partial charge is 0.286 e. The molecule has 152 valence electrons. The third-order valence-electron chi connectivity index (χ3n) is 4.69. The number of methoxy groups -OCH3 is 2. The molecule has 0 saturated heterocycles. The molecule has 1 aliphatic rings. The summed E-state index contributed by atoms with van der Waals surface area (Å²) in [7, 11) is -0.294. The Kier molecular flexibility index (Phi) is 6.25. The van der Waals surface area contributed by atoms with Crippen LogP contribution >= 0.6 is 0 Å². The molecule has 0 aliphatic carbocycles. The number of carbonyl (C=O) groups excluding carboxylic acids is 1. The lowest BCUT2D eigenvalue weighted by Gasteiger charge is -2.29. The van der Waals surface area contributed by atoms with Gasteiger partial charge in [-0.1, -0.05) is 0 Å². The van der Waals surface area contributed by atoms with Crippen LogP contribution in [-0.4, -0.2) is 51.7 Å². The van der Waals surface area contributed by atoms with Crippen molar-refractivity contribution in [3.63, 3.8) is 0 Å². The van der Waals surface area contributed by atoms with Crippen molar-refractivity contribution in [2.24, 2.45) is 0 Å². The van der Waals surface area contributed by atoms with Crippen molar-refractivity contribution in [3.05, 3.63) is 47.4 Å². The molecule has 0 bridgehead atoms. The van der Waals surface area contributed by atoms with Gasteiger partial charge in [-0.3, -0.25) is 4.79 Å². The molecule has 0 spiro atoms. The highest BCUT2D eigenvalue weighted by molar-refractivity contribution is 7.89. The van der Waals surface area contributed by atoms with Crippen molar-refractivity contribution in [1.82, 2.24) is 9.62 Å². The number of ether oxygens (including phenoxy) is 2. The first-order valence-corrected chi connectivity index (χ1v) is 10.6. The van der Waals surface area contributed by atoms with Crippen LogP contribution in [0.15, 0.2) is 34.9 Å². The van der Waals surface area contributed by atoms with Crippen molar-refractivity contribution >= 4 is 15.9 Å². The van der Waals surface area contributed by atoms with Crippen LogP contribution in [0.4, 0.5) is 0 Å². The Morgan fingerprint density at radius 1 is 1.21 bits per heavy atom. The minimum absolute atomic E-state index is 0.0337. The van der Waals surface area contributed by atoms with Crippen LogP contribution in [0.2, 0.25) is 0 Å². The molecule has 0 fully saturated rings. The second-order valence-corrected chi connectivity index (χ2v) is 8.55. The minimum Gasteiger partial charge on any atom is -0.493 e. The topological polar surface area (TPSA) is 98.1 Å². The summed E-state index contributed by atoms with van der Waals surface area (Å²) in [5.74, 6) is 1.05. The van der Waals surface area contributed by atoms with E-state index in [1.165, 1.54) is 10.6 Å². The first-order valence-electron chi connectivity index (χ1n) is 8.98. The fourth-order valence-electron chi connectivity index (χ4n) is 3.18. The fraction of sp³-hybridized carbons (Fsp3) is 0.421. The van der Waals surface area contributed by atoms with Crippen LogP contribution in [-0.2, 0) is 23.0 Å². The van der Waals surface area contributed by atoms with E-state index in [1.807, 2.05) is 12.1 Å². The number of nitrogens with zero attached hydrogens (tertiary/aromatic N) is 1. The van der Waals surface area contributed by atoms with Crippen molar-refractivity contribution < 1.29 is 27.1 Å². The van der Waals surface area contributed by atoms with Gasteiger partial charge in [0.2, 0.25) is 10.0 Å². The van der Waals surface area contributed by atoms with Gasteiger partial charge in [0.05, 0.1) is 26.2 Å². The Bertz CT molecular complexity index is 924. The van der Waals surface area contributed by atoms with E-state index in [0.29, 0.717) is 37.4 Å². The van der Waals surface area contributed by atoms with E-state index in [-0.39, 0.29) is 24.0 Å². The third-order valence-corrected chi connectivity index (χ3v) is 6.59. The molecule has 0 saturated carbocycles. The number of furan rings is 1. The molecule has 2 heterocycles. The summed E-state index contributed by atoms with van der Waals surface area (Å²) in [4.78, 5) is 11.8. The molecule has 3 rings (SSSR count). The van der Waals surface area contributed by atoms with E-state index in [1.54, 1.807) is 26.4 Å². The van der Waals surface area contributed by atoms with E-state index in [0.717, 1.165) is 11.1 Å². The number of amides is 1. The highest BCUT2D eigenvalue weighted by Gasteiger charge is 2.27. The Morgan fingerprint density at radius 2 is 1.93 bits per heavy atom. The van der Waals surface area contributed by atoms with Gasteiger partial charge in [0.15, 0.2) is 17.3 Å². The third kappa shape index (κ3) is 4.48. The molecule has 2 aromatic rings. The number of nitrogens with one attached hydrogen (secondary N) is 1.